The lowest BCUT2D eigenvalue weighted by atomic mass is 9.78. The van der Waals surface area contributed by atoms with Gasteiger partial charge in [-0.05, 0) is 55.9 Å². The average Bonchev–Trinajstić information content (AvgIpc) is 2.76. The second kappa shape index (κ2) is 9.88. The lowest BCUT2D eigenvalue weighted by Gasteiger charge is -2.45. The number of halogens is 1. The van der Waals surface area contributed by atoms with Crippen LogP contribution in [0.25, 0.3) is 0 Å². The summed E-state index contributed by atoms with van der Waals surface area (Å²) in [5.74, 6) is 0.590. The van der Waals surface area contributed by atoms with E-state index in [0.717, 1.165) is 39.1 Å². The molecule has 30 heavy (non-hydrogen) atoms. The molecule has 1 saturated carbocycles. The number of hydrogen-bond donors (Lipinski definition) is 1. The maximum Gasteiger partial charge on any atom is 0.238 e. The lowest BCUT2D eigenvalue weighted by molar-refractivity contribution is -0.139. The van der Waals surface area contributed by atoms with E-state index in [1.807, 2.05) is 0 Å². The maximum atomic E-state index is 13.0. The topological polar surface area (TPSA) is 55.9 Å². The van der Waals surface area contributed by atoms with Crippen molar-refractivity contribution in [3.8, 4) is 0 Å². The molecule has 4 rings (SSSR count). The molecule has 0 aromatic heterocycles. The zero-order valence-corrected chi connectivity index (χ0v) is 17.7. The van der Waals surface area contributed by atoms with Crippen LogP contribution in [0.1, 0.15) is 38.5 Å². The van der Waals surface area contributed by atoms with E-state index < -0.39 is 0 Å². The van der Waals surface area contributed by atoms with Gasteiger partial charge >= 0.3 is 0 Å². The Balaban J connectivity index is 1.20. The van der Waals surface area contributed by atoms with E-state index in [-0.39, 0.29) is 17.6 Å². The summed E-state index contributed by atoms with van der Waals surface area (Å²) in [5, 5.41) is 2.81. The number of carbonyl (C=O) groups excluding carboxylic acids is 2. The molecule has 164 valence electrons. The molecule has 1 aliphatic carbocycles. The molecule has 7 heteroatoms. The number of anilines is 1. The number of likely N-dealkylation sites (tertiary alicyclic amines) is 1. The summed E-state index contributed by atoms with van der Waals surface area (Å²) in [6.45, 7) is 4.89. The first kappa shape index (κ1) is 21.2. The Morgan fingerprint density at radius 1 is 0.867 bits per heavy atom. The Morgan fingerprint density at radius 2 is 1.50 bits per heavy atom. The molecule has 2 atom stereocenters. The van der Waals surface area contributed by atoms with Gasteiger partial charge in [-0.15, -0.1) is 0 Å². The first-order valence-electron chi connectivity index (χ1n) is 11.4. The van der Waals surface area contributed by atoms with Crippen LogP contribution in [0.3, 0.4) is 0 Å². The van der Waals surface area contributed by atoms with Crippen molar-refractivity contribution in [2.45, 2.75) is 44.6 Å². The molecule has 1 aromatic rings. The standard InChI is InChI=1S/C23H33FN4O2/c24-19-7-9-20(10-8-19)25-22(29)16-26-12-14-27(15-13-26)17-23(30)28-11-3-5-18-4-1-2-6-21(18)28/h7-10,18,21H,1-6,11-17H2,(H,25,29)/t18-,21-/m1/s1. The highest BCUT2D eigenvalue weighted by Gasteiger charge is 2.36. The van der Waals surface area contributed by atoms with Gasteiger partial charge in [-0.3, -0.25) is 19.4 Å². The number of amides is 2. The van der Waals surface area contributed by atoms with Crippen molar-refractivity contribution in [3.63, 3.8) is 0 Å². The Kier molecular flexibility index (Phi) is 7.00. The number of piperidine rings is 1. The van der Waals surface area contributed by atoms with E-state index in [4.69, 9.17) is 0 Å². The molecule has 0 bridgehead atoms. The molecule has 0 unspecified atom stereocenters. The molecular formula is C23H33FN4O2. The summed E-state index contributed by atoms with van der Waals surface area (Å²) >= 11 is 0. The number of nitrogens with one attached hydrogen (secondary N) is 1. The fourth-order valence-electron chi connectivity index (χ4n) is 5.26. The van der Waals surface area contributed by atoms with Crippen molar-refractivity contribution in [3.05, 3.63) is 30.1 Å². The predicted molar refractivity (Wildman–Crippen MR) is 115 cm³/mol. The minimum absolute atomic E-state index is 0.0946. The normalized spacial score (nSPS) is 25.6. The highest BCUT2D eigenvalue weighted by atomic mass is 19.1. The molecule has 2 aliphatic heterocycles. The van der Waals surface area contributed by atoms with Crippen molar-refractivity contribution < 1.29 is 14.0 Å². The smallest absolute Gasteiger partial charge is 0.238 e. The lowest BCUT2D eigenvalue weighted by Crippen LogP contribution is -2.55. The number of hydrogen-bond acceptors (Lipinski definition) is 4. The van der Waals surface area contributed by atoms with Crippen LogP contribution < -0.4 is 5.32 Å². The van der Waals surface area contributed by atoms with Gasteiger partial charge in [-0.2, -0.15) is 0 Å². The largest absolute Gasteiger partial charge is 0.338 e. The summed E-state index contributed by atoms with van der Waals surface area (Å²) < 4.78 is 13.0. The Bertz CT molecular complexity index is 731. The molecule has 1 aromatic carbocycles. The molecule has 1 N–H and O–H groups in total. The van der Waals surface area contributed by atoms with Crippen molar-refractivity contribution >= 4 is 17.5 Å². The van der Waals surface area contributed by atoms with Gasteiger partial charge in [0.2, 0.25) is 11.8 Å². The third-order valence-corrected chi connectivity index (χ3v) is 6.88. The fourth-order valence-corrected chi connectivity index (χ4v) is 5.26. The number of nitrogens with zero attached hydrogens (tertiary/aromatic N) is 3. The third-order valence-electron chi connectivity index (χ3n) is 6.88. The van der Waals surface area contributed by atoms with E-state index in [2.05, 4.69) is 20.0 Å². The molecule has 2 amide bonds. The van der Waals surface area contributed by atoms with Crippen molar-refractivity contribution in [2.24, 2.45) is 5.92 Å². The van der Waals surface area contributed by atoms with Gasteiger partial charge in [-0.1, -0.05) is 12.8 Å². The summed E-state index contributed by atoms with van der Waals surface area (Å²) in [6.07, 6.45) is 7.46. The second-order valence-electron chi connectivity index (χ2n) is 8.95. The van der Waals surface area contributed by atoms with Crippen LogP contribution in [0.4, 0.5) is 10.1 Å². The van der Waals surface area contributed by atoms with E-state index in [1.165, 1.54) is 44.2 Å². The van der Waals surface area contributed by atoms with Gasteiger partial charge in [0.05, 0.1) is 13.1 Å². The highest BCUT2D eigenvalue weighted by Crippen LogP contribution is 2.35. The van der Waals surface area contributed by atoms with Crippen LogP contribution in [0.15, 0.2) is 24.3 Å². The molecule has 0 radical (unpaired) electrons. The second-order valence-corrected chi connectivity index (χ2v) is 8.95. The minimum Gasteiger partial charge on any atom is -0.338 e. The quantitative estimate of drug-likeness (QED) is 0.802. The SMILES string of the molecule is O=C(CN1CCN(CC(=O)N2CCC[C@H]3CCCC[C@H]32)CC1)Nc1ccc(F)cc1. The van der Waals surface area contributed by atoms with Crippen LogP contribution in [-0.4, -0.2) is 78.4 Å². The van der Waals surface area contributed by atoms with Gasteiger partial charge in [0.1, 0.15) is 5.82 Å². The first-order chi connectivity index (χ1) is 14.6. The molecule has 0 spiro atoms. The average molecular weight is 417 g/mol. The summed E-state index contributed by atoms with van der Waals surface area (Å²) in [4.78, 5) is 31.7. The van der Waals surface area contributed by atoms with Crippen molar-refractivity contribution in [2.75, 3.05) is 51.1 Å². The Labute approximate surface area is 178 Å². The predicted octanol–water partition coefficient (Wildman–Crippen LogP) is 2.56. The van der Waals surface area contributed by atoms with Gasteiger partial charge in [0, 0.05) is 44.5 Å². The van der Waals surface area contributed by atoms with Crippen molar-refractivity contribution in [1.29, 1.82) is 0 Å². The van der Waals surface area contributed by atoms with Crippen LogP contribution in [0, 0.1) is 11.7 Å². The van der Waals surface area contributed by atoms with Gasteiger partial charge < -0.3 is 10.2 Å². The van der Waals surface area contributed by atoms with Crippen molar-refractivity contribution in [1.82, 2.24) is 14.7 Å². The number of fused-ring (bicyclic) bond motifs is 1. The van der Waals surface area contributed by atoms with E-state index >= 15 is 0 Å². The monoisotopic (exact) mass is 416 g/mol. The molecule has 2 saturated heterocycles. The zero-order valence-electron chi connectivity index (χ0n) is 17.7. The zero-order chi connectivity index (χ0) is 20.9. The molecule has 3 aliphatic rings. The first-order valence-corrected chi connectivity index (χ1v) is 11.4. The Hall–Kier alpha value is -1.99. The molecule has 2 heterocycles. The maximum absolute atomic E-state index is 13.0. The van der Waals surface area contributed by atoms with Gasteiger partial charge in [0.15, 0.2) is 0 Å². The number of carbonyl (C=O) groups is 2. The number of benzene rings is 1. The summed E-state index contributed by atoms with van der Waals surface area (Å²) in [7, 11) is 0. The molecule has 6 nitrogen and oxygen atoms in total. The molecular weight excluding hydrogens is 383 g/mol. The summed E-state index contributed by atoms with van der Waals surface area (Å²) in [6, 6.07) is 6.27. The highest BCUT2D eigenvalue weighted by molar-refractivity contribution is 5.92. The number of piperazine rings is 1. The minimum atomic E-state index is -0.317. The van der Waals surface area contributed by atoms with Crippen LogP contribution >= 0.6 is 0 Å². The Morgan fingerprint density at radius 3 is 2.23 bits per heavy atom. The van der Waals surface area contributed by atoms with E-state index in [0.29, 0.717) is 30.7 Å². The van der Waals surface area contributed by atoms with Gasteiger partial charge in [0.25, 0.3) is 0 Å². The third kappa shape index (κ3) is 5.38. The number of rotatable bonds is 5. The van der Waals surface area contributed by atoms with E-state index in [9.17, 15) is 14.0 Å². The van der Waals surface area contributed by atoms with Crippen LogP contribution in [0.5, 0.6) is 0 Å². The summed E-state index contributed by atoms with van der Waals surface area (Å²) in [5.41, 5.74) is 0.605. The van der Waals surface area contributed by atoms with Gasteiger partial charge in [-0.25, -0.2) is 4.39 Å². The van der Waals surface area contributed by atoms with Crippen LogP contribution in [0.2, 0.25) is 0 Å². The van der Waals surface area contributed by atoms with Crippen LogP contribution in [-0.2, 0) is 9.59 Å². The fraction of sp³-hybridized carbons (Fsp3) is 0.652. The molecule has 3 fully saturated rings. The van der Waals surface area contributed by atoms with E-state index in [1.54, 1.807) is 12.1 Å².